The van der Waals surface area contributed by atoms with Crippen molar-refractivity contribution in [3.8, 4) is 5.75 Å². The van der Waals surface area contributed by atoms with Crippen LogP contribution in [0.3, 0.4) is 0 Å². The number of hydrogen-bond donors (Lipinski definition) is 2. The van der Waals surface area contributed by atoms with Crippen molar-refractivity contribution >= 4 is 50.7 Å². The second kappa shape index (κ2) is 10.1. The van der Waals surface area contributed by atoms with Crippen LogP contribution < -0.4 is 15.8 Å². The number of likely N-dealkylation sites (tertiary alicyclic amines) is 1. The summed E-state index contributed by atoms with van der Waals surface area (Å²) in [5.41, 5.74) is 7.00. The van der Waals surface area contributed by atoms with Crippen molar-refractivity contribution in [1.82, 2.24) is 15.2 Å². The Morgan fingerprint density at radius 1 is 1.19 bits per heavy atom. The van der Waals surface area contributed by atoms with Gasteiger partial charge in [0.2, 0.25) is 0 Å². The number of nitrogens with one attached hydrogen (secondary N) is 1. The van der Waals surface area contributed by atoms with Crippen LogP contribution in [0, 0.1) is 0 Å². The number of piperidine rings is 1. The Labute approximate surface area is 195 Å². The molecule has 9 heteroatoms. The van der Waals surface area contributed by atoms with Gasteiger partial charge < -0.3 is 20.7 Å². The van der Waals surface area contributed by atoms with Gasteiger partial charge in [-0.3, -0.25) is 4.79 Å². The molecule has 1 atom stereocenters. The first kappa shape index (κ1) is 22.3. The fourth-order valence-electron chi connectivity index (χ4n) is 3.62. The van der Waals surface area contributed by atoms with Crippen molar-refractivity contribution in [2.45, 2.75) is 24.9 Å². The summed E-state index contributed by atoms with van der Waals surface area (Å²) in [4.78, 5) is 19.3. The lowest BCUT2D eigenvalue weighted by Crippen LogP contribution is -2.48. The lowest BCUT2D eigenvalue weighted by Gasteiger charge is -2.33. The van der Waals surface area contributed by atoms with E-state index in [9.17, 15) is 4.79 Å². The number of nitrogens with two attached hydrogens (primary N) is 1. The summed E-state index contributed by atoms with van der Waals surface area (Å²) in [6.07, 6.45) is 1.76. The number of aromatic nitrogens is 1. The Kier molecular flexibility index (Phi) is 7.30. The molecule has 1 aromatic heterocycles. The lowest BCUT2D eigenvalue weighted by molar-refractivity contribution is 0.0906. The van der Waals surface area contributed by atoms with Crippen LogP contribution in [0.5, 0.6) is 5.75 Å². The quantitative estimate of drug-likeness (QED) is 0.531. The number of carbonyl (C=O) groups is 1. The van der Waals surface area contributed by atoms with Gasteiger partial charge in [0.25, 0.3) is 5.91 Å². The molecule has 1 saturated heterocycles. The molecule has 0 aliphatic carbocycles. The highest BCUT2D eigenvalue weighted by molar-refractivity contribution is 7.20. The third-order valence-electron chi connectivity index (χ3n) is 5.24. The van der Waals surface area contributed by atoms with E-state index < -0.39 is 0 Å². The Balaban J connectivity index is 1.20. The van der Waals surface area contributed by atoms with Crippen LogP contribution >= 0.6 is 34.5 Å². The largest absolute Gasteiger partial charge is 0.492 e. The van der Waals surface area contributed by atoms with Gasteiger partial charge in [0, 0.05) is 35.7 Å². The number of amides is 1. The van der Waals surface area contributed by atoms with Crippen molar-refractivity contribution in [1.29, 1.82) is 0 Å². The number of thiazole rings is 1. The highest BCUT2D eigenvalue weighted by Crippen LogP contribution is 2.25. The Morgan fingerprint density at radius 2 is 1.90 bits per heavy atom. The zero-order valence-corrected chi connectivity index (χ0v) is 19.2. The van der Waals surface area contributed by atoms with Crippen LogP contribution in [0.1, 0.15) is 22.6 Å². The summed E-state index contributed by atoms with van der Waals surface area (Å²) in [6, 6.07) is 12.8. The highest BCUT2D eigenvalue weighted by Gasteiger charge is 2.23. The van der Waals surface area contributed by atoms with Gasteiger partial charge in [-0.25, -0.2) is 4.98 Å². The minimum atomic E-state index is -0.121. The van der Waals surface area contributed by atoms with Gasteiger partial charge in [-0.15, -0.1) is 11.3 Å². The van der Waals surface area contributed by atoms with E-state index in [1.54, 1.807) is 18.2 Å². The topological polar surface area (TPSA) is 80.5 Å². The van der Waals surface area contributed by atoms with Gasteiger partial charge in [-0.05, 0) is 55.3 Å². The number of ether oxygens (including phenoxy) is 1. The molecular weight excluding hydrogens is 455 g/mol. The average molecular weight is 479 g/mol. The summed E-state index contributed by atoms with van der Waals surface area (Å²) in [5.74, 6) is 0.641. The molecule has 1 amide bonds. The van der Waals surface area contributed by atoms with Gasteiger partial charge in [0.05, 0.1) is 16.3 Å². The zero-order chi connectivity index (χ0) is 21.8. The first-order valence-corrected chi connectivity index (χ1v) is 11.8. The molecule has 1 aliphatic heterocycles. The number of carbonyl (C=O) groups excluding carboxylic acids is 1. The van der Waals surface area contributed by atoms with E-state index in [0.29, 0.717) is 21.7 Å². The summed E-state index contributed by atoms with van der Waals surface area (Å²) >= 11 is 13.3. The zero-order valence-electron chi connectivity index (χ0n) is 16.9. The van der Waals surface area contributed by atoms with Crippen LogP contribution in [0.25, 0.3) is 10.2 Å². The van der Waals surface area contributed by atoms with Crippen molar-refractivity contribution < 1.29 is 9.53 Å². The number of rotatable bonds is 7. The molecule has 0 spiro atoms. The summed E-state index contributed by atoms with van der Waals surface area (Å²) in [5, 5.41) is 4.89. The Bertz CT molecular complexity index is 1040. The molecule has 0 saturated carbocycles. The molecule has 2 heterocycles. The Morgan fingerprint density at radius 3 is 2.65 bits per heavy atom. The first-order valence-electron chi connectivity index (χ1n) is 10.2. The molecule has 0 bridgehead atoms. The van der Waals surface area contributed by atoms with Crippen LogP contribution in [-0.4, -0.2) is 54.1 Å². The molecule has 1 unspecified atom stereocenters. The molecule has 3 N–H and O–H groups in total. The van der Waals surface area contributed by atoms with Gasteiger partial charge in [0.15, 0.2) is 5.01 Å². The molecule has 1 aliphatic rings. The fourth-order valence-corrected chi connectivity index (χ4v) is 4.76. The molecule has 0 radical (unpaired) electrons. The summed E-state index contributed by atoms with van der Waals surface area (Å²) in [6.45, 7) is 2.97. The van der Waals surface area contributed by atoms with E-state index >= 15 is 0 Å². The number of fused-ring (bicyclic) bond motifs is 1. The Hall–Kier alpha value is -1.90. The standard InChI is InChI=1S/C22H24Cl2N4O2S/c23-14-1-4-18(5-2-14)30-13-16(25)12-28-9-7-17(8-10-28)26-21(29)22-27-19-11-15(24)3-6-20(19)31-22/h1-6,11,16-17H,7-10,12-13,25H2,(H,26,29). The van der Waals surface area contributed by atoms with Crippen molar-refractivity contribution in [3.63, 3.8) is 0 Å². The predicted octanol–water partition coefficient (Wildman–Crippen LogP) is 4.20. The average Bonchev–Trinajstić information content (AvgIpc) is 3.18. The van der Waals surface area contributed by atoms with Crippen LogP contribution in [0.4, 0.5) is 0 Å². The van der Waals surface area contributed by atoms with Crippen LogP contribution in [0.15, 0.2) is 42.5 Å². The molecule has 164 valence electrons. The third-order valence-corrected chi connectivity index (χ3v) is 6.76. The molecule has 4 rings (SSSR count). The second-order valence-electron chi connectivity index (χ2n) is 7.70. The lowest BCUT2D eigenvalue weighted by atomic mass is 10.0. The first-order chi connectivity index (χ1) is 15.0. The van der Waals surface area contributed by atoms with Crippen molar-refractivity contribution in [2.75, 3.05) is 26.2 Å². The predicted molar refractivity (Wildman–Crippen MR) is 126 cm³/mol. The molecule has 3 aromatic rings. The number of nitrogens with zero attached hydrogens (tertiary/aromatic N) is 2. The van der Waals surface area contributed by atoms with Gasteiger partial charge in [-0.1, -0.05) is 23.2 Å². The van der Waals surface area contributed by atoms with E-state index in [1.165, 1.54) is 11.3 Å². The highest BCUT2D eigenvalue weighted by atomic mass is 35.5. The van der Waals surface area contributed by atoms with Crippen LogP contribution in [-0.2, 0) is 0 Å². The second-order valence-corrected chi connectivity index (χ2v) is 9.61. The van der Waals surface area contributed by atoms with Gasteiger partial charge in [-0.2, -0.15) is 0 Å². The molecular formula is C22H24Cl2N4O2S. The monoisotopic (exact) mass is 478 g/mol. The van der Waals surface area contributed by atoms with Gasteiger partial charge >= 0.3 is 0 Å². The number of hydrogen-bond acceptors (Lipinski definition) is 6. The van der Waals surface area contributed by atoms with E-state index in [-0.39, 0.29) is 18.0 Å². The van der Waals surface area contributed by atoms with E-state index in [1.807, 2.05) is 24.3 Å². The maximum absolute atomic E-state index is 12.6. The molecule has 2 aromatic carbocycles. The molecule has 31 heavy (non-hydrogen) atoms. The van der Waals surface area contributed by atoms with E-state index in [4.69, 9.17) is 33.7 Å². The molecule has 6 nitrogen and oxygen atoms in total. The normalized spacial score (nSPS) is 16.4. The van der Waals surface area contributed by atoms with Crippen LogP contribution in [0.2, 0.25) is 10.0 Å². The summed E-state index contributed by atoms with van der Waals surface area (Å²) in [7, 11) is 0. The molecule has 1 fully saturated rings. The third kappa shape index (κ3) is 6.08. The number of benzene rings is 2. The van der Waals surface area contributed by atoms with E-state index in [0.717, 1.165) is 48.4 Å². The maximum atomic E-state index is 12.6. The summed E-state index contributed by atoms with van der Waals surface area (Å²) < 4.78 is 6.70. The maximum Gasteiger partial charge on any atom is 0.280 e. The minimum absolute atomic E-state index is 0.0867. The van der Waals surface area contributed by atoms with Crippen molar-refractivity contribution in [3.05, 3.63) is 57.5 Å². The minimum Gasteiger partial charge on any atom is -0.492 e. The number of halogens is 2. The van der Waals surface area contributed by atoms with Gasteiger partial charge in [0.1, 0.15) is 12.4 Å². The fraction of sp³-hybridized carbons (Fsp3) is 0.364. The smallest absolute Gasteiger partial charge is 0.280 e. The van der Waals surface area contributed by atoms with E-state index in [2.05, 4.69) is 15.2 Å². The van der Waals surface area contributed by atoms with Crippen molar-refractivity contribution in [2.24, 2.45) is 5.73 Å². The SMILES string of the molecule is NC(COc1ccc(Cl)cc1)CN1CCC(NC(=O)c2nc3cc(Cl)ccc3s2)CC1.